The number of rotatable bonds is 4. The van der Waals surface area contributed by atoms with E-state index >= 15 is 0 Å². The van der Waals surface area contributed by atoms with E-state index in [0.717, 1.165) is 12.0 Å². The smallest absolute Gasteiger partial charge is 0.256 e. The molecule has 1 aromatic rings. The van der Waals surface area contributed by atoms with Crippen LogP contribution in [0.15, 0.2) is 30.3 Å². The van der Waals surface area contributed by atoms with E-state index in [1.54, 1.807) is 7.11 Å². The van der Waals surface area contributed by atoms with Crippen molar-refractivity contribution in [2.24, 2.45) is 5.92 Å². The SMILES string of the molecule is CCC1CN(C(=O)C(OC)c2ccccc2)CCC1O. The summed E-state index contributed by atoms with van der Waals surface area (Å²) in [5.74, 6) is 0.157. The third kappa shape index (κ3) is 3.19. The third-order valence-corrected chi connectivity index (χ3v) is 4.09. The highest BCUT2D eigenvalue weighted by molar-refractivity contribution is 5.82. The first-order valence-electron chi connectivity index (χ1n) is 7.22. The summed E-state index contributed by atoms with van der Waals surface area (Å²) in [5.41, 5.74) is 0.874. The number of hydrogen-bond donors (Lipinski definition) is 1. The molecule has 0 aromatic heterocycles. The first-order chi connectivity index (χ1) is 9.67. The first-order valence-corrected chi connectivity index (χ1v) is 7.22. The Hall–Kier alpha value is -1.39. The van der Waals surface area contributed by atoms with Gasteiger partial charge < -0.3 is 14.7 Å². The lowest BCUT2D eigenvalue weighted by molar-refractivity contribution is -0.146. The lowest BCUT2D eigenvalue weighted by atomic mass is 9.92. The number of methoxy groups -OCH3 is 1. The maximum absolute atomic E-state index is 12.6. The second-order valence-corrected chi connectivity index (χ2v) is 5.34. The molecule has 3 atom stereocenters. The predicted octanol–water partition coefficient (Wildman–Crippen LogP) is 1.99. The summed E-state index contributed by atoms with van der Waals surface area (Å²) >= 11 is 0. The molecule has 110 valence electrons. The Bertz CT molecular complexity index is 435. The minimum atomic E-state index is -0.552. The van der Waals surface area contributed by atoms with Crippen LogP contribution in [-0.4, -0.2) is 42.2 Å². The van der Waals surface area contributed by atoms with Gasteiger partial charge in [-0.25, -0.2) is 0 Å². The Kier molecular flexibility index (Phi) is 5.15. The minimum absolute atomic E-state index is 0.0101. The van der Waals surface area contributed by atoms with Gasteiger partial charge in [0.2, 0.25) is 0 Å². The topological polar surface area (TPSA) is 49.8 Å². The van der Waals surface area contributed by atoms with Gasteiger partial charge in [-0.05, 0) is 18.4 Å². The van der Waals surface area contributed by atoms with E-state index < -0.39 is 6.10 Å². The van der Waals surface area contributed by atoms with Gasteiger partial charge in [-0.15, -0.1) is 0 Å². The number of carbonyl (C=O) groups excluding carboxylic acids is 1. The van der Waals surface area contributed by atoms with Gasteiger partial charge in [0, 0.05) is 26.1 Å². The van der Waals surface area contributed by atoms with E-state index in [0.29, 0.717) is 19.5 Å². The predicted molar refractivity (Wildman–Crippen MR) is 77.2 cm³/mol. The van der Waals surface area contributed by atoms with Crippen molar-refractivity contribution < 1.29 is 14.6 Å². The molecular formula is C16H23NO3. The quantitative estimate of drug-likeness (QED) is 0.915. The van der Waals surface area contributed by atoms with Crippen LogP contribution in [0.5, 0.6) is 0 Å². The van der Waals surface area contributed by atoms with E-state index in [4.69, 9.17) is 4.74 Å². The monoisotopic (exact) mass is 277 g/mol. The van der Waals surface area contributed by atoms with Crippen LogP contribution in [0, 0.1) is 5.92 Å². The summed E-state index contributed by atoms with van der Waals surface area (Å²) in [5, 5.41) is 9.91. The van der Waals surface area contributed by atoms with Crippen molar-refractivity contribution in [3.05, 3.63) is 35.9 Å². The van der Waals surface area contributed by atoms with Crippen LogP contribution in [0.25, 0.3) is 0 Å². The van der Waals surface area contributed by atoms with Crippen LogP contribution in [0.2, 0.25) is 0 Å². The van der Waals surface area contributed by atoms with Crippen LogP contribution >= 0.6 is 0 Å². The molecular weight excluding hydrogens is 254 g/mol. The molecule has 2 rings (SSSR count). The molecule has 20 heavy (non-hydrogen) atoms. The van der Waals surface area contributed by atoms with Crippen molar-refractivity contribution in [1.82, 2.24) is 4.90 Å². The summed E-state index contributed by atoms with van der Waals surface area (Å²) in [7, 11) is 1.56. The Morgan fingerprint density at radius 3 is 2.75 bits per heavy atom. The maximum atomic E-state index is 12.6. The van der Waals surface area contributed by atoms with E-state index in [9.17, 15) is 9.90 Å². The maximum Gasteiger partial charge on any atom is 0.256 e. The van der Waals surface area contributed by atoms with E-state index in [1.807, 2.05) is 42.2 Å². The van der Waals surface area contributed by atoms with Crippen LogP contribution in [0.4, 0.5) is 0 Å². The average molecular weight is 277 g/mol. The number of carbonyl (C=O) groups is 1. The standard InChI is InChI=1S/C16H23NO3/c1-3-12-11-17(10-9-14(12)18)16(19)15(20-2)13-7-5-4-6-8-13/h4-8,12,14-15,18H,3,9-11H2,1-2H3. The molecule has 0 saturated carbocycles. The summed E-state index contributed by atoms with van der Waals surface area (Å²) in [4.78, 5) is 14.4. The summed E-state index contributed by atoms with van der Waals surface area (Å²) in [6.07, 6.45) is 0.689. The molecule has 0 bridgehead atoms. The highest BCUT2D eigenvalue weighted by Crippen LogP contribution is 2.25. The fourth-order valence-electron chi connectivity index (χ4n) is 2.79. The minimum Gasteiger partial charge on any atom is -0.393 e. The molecule has 1 aliphatic heterocycles. The zero-order valence-electron chi connectivity index (χ0n) is 12.2. The Morgan fingerprint density at radius 2 is 2.15 bits per heavy atom. The molecule has 4 nitrogen and oxygen atoms in total. The van der Waals surface area contributed by atoms with Crippen molar-refractivity contribution in [1.29, 1.82) is 0 Å². The molecule has 1 aromatic carbocycles. The Morgan fingerprint density at radius 1 is 1.45 bits per heavy atom. The van der Waals surface area contributed by atoms with Crippen LogP contribution in [-0.2, 0) is 9.53 Å². The first kappa shape index (κ1) is 15.0. The average Bonchev–Trinajstić information content (AvgIpc) is 2.49. The van der Waals surface area contributed by atoms with E-state index in [1.165, 1.54) is 0 Å². The van der Waals surface area contributed by atoms with Crippen LogP contribution in [0.3, 0.4) is 0 Å². The Labute approximate surface area is 120 Å². The molecule has 3 unspecified atom stereocenters. The third-order valence-electron chi connectivity index (χ3n) is 4.09. The number of amides is 1. The summed E-state index contributed by atoms with van der Waals surface area (Å²) < 4.78 is 5.39. The number of piperidine rings is 1. The molecule has 0 aliphatic carbocycles. The van der Waals surface area contributed by atoms with Gasteiger partial charge in [0.15, 0.2) is 6.10 Å². The zero-order valence-corrected chi connectivity index (χ0v) is 12.2. The van der Waals surface area contributed by atoms with Gasteiger partial charge in [0.25, 0.3) is 5.91 Å². The van der Waals surface area contributed by atoms with Crippen molar-refractivity contribution in [2.45, 2.75) is 32.0 Å². The van der Waals surface area contributed by atoms with Gasteiger partial charge in [-0.3, -0.25) is 4.79 Å². The molecule has 1 aliphatic rings. The zero-order chi connectivity index (χ0) is 14.5. The van der Waals surface area contributed by atoms with Gasteiger partial charge in [0.05, 0.1) is 6.10 Å². The number of nitrogens with zero attached hydrogens (tertiary/aromatic N) is 1. The number of aliphatic hydroxyl groups excluding tert-OH is 1. The highest BCUT2D eigenvalue weighted by atomic mass is 16.5. The lowest BCUT2D eigenvalue weighted by Crippen LogP contribution is -2.47. The molecule has 0 spiro atoms. The Balaban J connectivity index is 2.09. The number of aliphatic hydroxyl groups is 1. The number of benzene rings is 1. The molecule has 4 heteroatoms. The van der Waals surface area contributed by atoms with Gasteiger partial charge >= 0.3 is 0 Å². The van der Waals surface area contributed by atoms with E-state index in [2.05, 4.69) is 0 Å². The molecule has 1 fully saturated rings. The van der Waals surface area contributed by atoms with Crippen molar-refractivity contribution in [2.75, 3.05) is 20.2 Å². The van der Waals surface area contributed by atoms with Crippen LogP contribution < -0.4 is 0 Å². The summed E-state index contributed by atoms with van der Waals surface area (Å²) in [6, 6.07) is 9.54. The fraction of sp³-hybridized carbons (Fsp3) is 0.562. The number of likely N-dealkylation sites (tertiary alicyclic amines) is 1. The normalized spacial score (nSPS) is 24.4. The number of hydrogen-bond acceptors (Lipinski definition) is 3. The molecule has 1 N–H and O–H groups in total. The molecule has 0 radical (unpaired) electrons. The fourth-order valence-corrected chi connectivity index (χ4v) is 2.79. The van der Waals surface area contributed by atoms with Gasteiger partial charge in [-0.1, -0.05) is 37.3 Å². The van der Waals surface area contributed by atoms with Crippen molar-refractivity contribution in [3.8, 4) is 0 Å². The molecule has 1 saturated heterocycles. The van der Waals surface area contributed by atoms with Crippen molar-refractivity contribution in [3.63, 3.8) is 0 Å². The summed E-state index contributed by atoms with van der Waals surface area (Å²) in [6.45, 7) is 3.26. The second kappa shape index (κ2) is 6.86. The van der Waals surface area contributed by atoms with E-state index in [-0.39, 0.29) is 17.9 Å². The largest absolute Gasteiger partial charge is 0.393 e. The van der Waals surface area contributed by atoms with Gasteiger partial charge in [0.1, 0.15) is 0 Å². The van der Waals surface area contributed by atoms with Crippen LogP contribution in [0.1, 0.15) is 31.4 Å². The van der Waals surface area contributed by atoms with Crippen molar-refractivity contribution >= 4 is 5.91 Å². The second-order valence-electron chi connectivity index (χ2n) is 5.34. The lowest BCUT2D eigenvalue weighted by Gasteiger charge is -2.37. The van der Waals surface area contributed by atoms with Gasteiger partial charge in [-0.2, -0.15) is 0 Å². The highest BCUT2D eigenvalue weighted by Gasteiger charge is 2.32. The molecule has 1 heterocycles. The molecule has 1 amide bonds. The number of ether oxygens (including phenoxy) is 1.